The summed E-state index contributed by atoms with van der Waals surface area (Å²) in [4.78, 5) is 4.28. The molecule has 2 aromatic rings. The SMILES string of the molecule is Cc1nc(C)n(-c2c(N)c(C(C)C)nn2C)n1. The van der Waals surface area contributed by atoms with E-state index in [0.29, 0.717) is 11.6 Å². The van der Waals surface area contributed by atoms with Crippen molar-refractivity contribution in [3.05, 3.63) is 17.3 Å². The molecule has 0 spiro atoms. The van der Waals surface area contributed by atoms with E-state index in [4.69, 9.17) is 5.73 Å². The van der Waals surface area contributed by atoms with Crippen LogP contribution in [0.4, 0.5) is 5.69 Å². The molecule has 0 atom stereocenters. The first-order valence-electron chi connectivity index (χ1n) is 5.64. The third-order valence-electron chi connectivity index (χ3n) is 2.70. The van der Waals surface area contributed by atoms with E-state index < -0.39 is 0 Å². The van der Waals surface area contributed by atoms with Crippen molar-refractivity contribution in [1.82, 2.24) is 24.5 Å². The van der Waals surface area contributed by atoms with Gasteiger partial charge in [0.15, 0.2) is 5.82 Å². The van der Waals surface area contributed by atoms with Crippen LogP contribution >= 0.6 is 0 Å². The fourth-order valence-corrected chi connectivity index (χ4v) is 1.95. The maximum atomic E-state index is 6.14. The summed E-state index contributed by atoms with van der Waals surface area (Å²) in [7, 11) is 1.87. The summed E-state index contributed by atoms with van der Waals surface area (Å²) in [5, 5.41) is 8.78. The molecule has 6 nitrogen and oxygen atoms in total. The van der Waals surface area contributed by atoms with Crippen molar-refractivity contribution < 1.29 is 0 Å². The van der Waals surface area contributed by atoms with Gasteiger partial charge in [-0.15, -0.1) is 5.10 Å². The largest absolute Gasteiger partial charge is 0.394 e. The number of nitrogens with two attached hydrogens (primary N) is 1. The first-order valence-corrected chi connectivity index (χ1v) is 5.64. The predicted octanol–water partition coefficient (Wildman–Crippen LogP) is 1.32. The summed E-state index contributed by atoms with van der Waals surface area (Å²) in [5.41, 5.74) is 7.72. The molecule has 2 rings (SSSR count). The Morgan fingerprint density at radius 1 is 1.18 bits per heavy atom. The predicted molar refractivity (Wildman–Crippen MR) is 66.1 cm³/mol. The van der Waals surface area contributed by atoms with Gasteiger partial charge in [-0.05, 0) is 19.8 Å². The normalized spacial score (nSPS) is 11.4. The monoisotopic (exact) mass is 234 g/mol. The van der Waals surface area contributed by atoms with Gasteiger partial charge in [-0.3, -0.25) is 0 Å². The summed E-state index contributed by atoms with van der Waals surface area (Å²) >= 11 is 0. The smallest absolute Gasteiger partial charge is 0.177 e. The van der Waals surface area contributed by atoms with Crippen molar-refractivity contribution in [1.29, 1.82) is 0 Å². The van der Waals surface area contributed by atoms with Gasteiger partial charge in [0, 0.05) is 7.05 Å². The van der Waals surface area contributed by atoms with E-state index in [1.165, 1.54) is 0 Å². The number of anilines is 1. The Labute approximate surface area is 100 Å². The Hall–Kier alpha value is -1.85. The average Bonchev–Trinajstić information content (AvgIpc) is 2.67. The number of nitrogens with zero attached hydrogens (tertiary/aromatic N) is 5. The van der Waals surface area contributed by atoms with Crippen molar-refractivity contribution in [3.8, 4) is 5.82 Å². The van der Waals surface area contributed by atoms with Gasteiger partial charge in [0.2, 0.25) is 0 Å². The lowest BCUT2D eigenvalue weighted by Crippen LogP contribution is -2.08. The number of hydrogen-bond donors (Lipinski definition) is 1. The Balaban J connectivity index is 2.64. The van der Waals surface area contributed by atoms with Crippen molar-refractivity contribution >= 4 is 5.69 Å². The third kappa shape index (κ3) is 1.79. The van der Waals surface area contributed by atoms with Gasteiger partial charge < -0.3 is 5.73 Å². The van der Waals surface area contributed by atoms with E-state index in [0.717, 1.165) is 23.2 Å². The Morgan fingerprint density at radius 3 is 2.24 bits per heavy atom. The van der Waals surface area contributed by atoms with E-state index in [-0.39, 0.29) is 0 Å². The molecule has 2 heterocycles. The minimum atomic E-state index is 0.292. The molecule has 6 heteroatoms. The zero-order chi connectivity index (χ0) is 12.7. The topological polar surface area (TPSA) is 74.6 Å². The number of rotatable bonds is 2. The van der Waals surface area contributed by atoms with Gasteiger partial charge in [0.05, 0.1) is 5.69 Å². The molecule has 0 radical (unpaired) electrons. The third-order valence-corrected chi connectivity index (χ3v) is 2.70. The second kappa shape index (κ2) is 3.87. The second-order valence-electron chi connectivity index (χ2n) is 4.52. The summed E-state index contributed by atoms with van der Waals surface area (Å²) in [6, 6.07) is 0. The Kier molecular flexibility index (Phi) is 2.65. The van der Waals surface area contributed by atoms with Gasteiger partial charge in [0.25, 0.3) is 0 Å². The van der Waals surface area contributed by atoms with E-state index in [9.17, 15) is 0 Å². The second-order valence-corrected chi connectivity index (χ2v) is 4.52. The van der Waals surface area contributed by atoms with Crippen molar-refractivity contribution in [2.45, 2.75) is 33.6 Å². The Bertz CT molecular complexity index is 549. The van der Waals surface area contributed by atoms with Crippen LogP contribution in [0.5, 0.6) is 0 Å². The van der Waals surface area contributed by atoms with E-state index in [1.54, 1.807) is 9.36 Å². The summed E-state index contributed by atoms with van der Waals surface area (Å²) in [6.45, 7) is 7.91. The lowest BCUT2D eigenvalue weighted by molar-refractivity contribution is 0.667. The van der Waals surface area contributed by atoms with Crippen LogP contribution in [0.15, 0.2) is 0 Å². The molecule has 2 N–H and O–H groups in total. The van der Waals surface area contributed by atoms with Crippen LogP contribution < -0.4 is 5.73 Å². The van der Waals surface area contributed by atoms with Gasteiger partial charge >= 0.3 is 0 Å². The van der Waals surface area contributed by atoms with E-state index in [1.807, 2.05) is 20.9 Å². The first kappa shape index (κ1) is 11.6. The van der Waals surface area contributed by atoms with Crippen LogP contribution in [0.2, 0.25) is 0 Å². The highest BCUT2D eigenvalue weighted by molar-refractivity contribution is 5.58. The number of aromatic nitrogens is 5. The molecule has 0 fully saturated rings. The van der Waals surface area contributed by atoms with E-state index >= 15 is 0 Å². The highest BCUT2D eigenvalue weighted by Gasteiger charge is 2.19. The van der Waals surface area contributed by atoms with Gasteiger partial charge in [-0.1, -0.05) is 13.8 Å². The van der Waals surface area contributed by atoms with Crippen LogP contribution in [0.1, 0.15) is 37.1 Å². The van der Waals surface area contributed by atoms with Crippen LogP contribution in [-0.4, -0.2) is 24.5 Å². The molecule has 0 saturated heterocycles. The lowest BCUT2D eigenvalue weighted by atomic mass is 10.1. The maximum Gasteiger partial charge on any atom is 0.177 e. The molecule has 17 heavy (non-hydrogen) atoms. The average molecular weight is 234 g/mol. The van der Waals surface area contributed by atoms with E-state index in [2.05, 4.69) is 29.0 Å². The molecular weight excluding hydrogens is 216 g/mol. The minimum Gasteiger partial charge on any atom is -0.394 e. The minimum absolute atomic E-state index is 0.292. The first-order chi connectivity index (χ1) is 7.91. The zero-order valence-corrected chi connectivity index (χ0v) is 10.9. The molecule has 0 aromatic carbocycles. The zero-order valence-electron chi connectivity index (χ0n) is 10.9. The fourth-order valence-electron chi connectivity index (χ4n) is 1.95. The summed E-state index contributed by atoms with van der Waals surface area (Å²) in [5.74, 6) is 2.62. The van der Waals surface area contributed by atoms with Crippen LogP contribution in [0.3, 0.4) is 0 Å². The highest BCUT2D eigenvalue weighted by atomic mass is 15.4. The van der Waals surface area contributed by atoms with Gasteiger partial charge in [-0.25, -0.2) is 9.67 Å². The molecule has 0 aliphatic carbocycles. The number of hydrogen-bond acceptors (Lipinski definition) is 4. The van der Waals surface area contributed by atoms with Crippen molar-refractivity contribution in [2.24, 2.45) is 7.05 Å². The molecule has 2 aromatic heterocycles. The highest BCUT2D eigenvalue weighted by Crippen LogP contribution is 2.26. The molecule has 0 unspecified atom stereocenters. The standard InChI is InChI=1S/C11H18N6/c1-6(2)10-9(12)11(16(5)15-10)17-8(4)13-7(3)14-17/h6H,12H2,1-5H3. The van der Waals surface area contributed by atoms with Crippen LogP contribution in [0, 0.1) is 13.8 Å². The summed E-state index contributed by atoms with van der Waals surface area (Å²) < 4.78 is 3.50. The van der Waals surface area contributed by atoms with Crippen molar-refractivity contribution in [3.63, 3.8) is 0 Å². The molecule has 0 saturated carbocycles. The Morgan fingerprint density at radius 2 is 1.82 bits per heavy atom. The van der Waals surface area contributed by atoms with Crippen molar-refractivity contribution in [2.75, 3.05) is 5.73 Å². The van der Waals surface area contributed by atoms with Crippen LogP contribution in [0.25, 0.3) is 5.82 Å². The molecule has 0 aliphatic heterocycles. The van der Waals surface area contributed by atoms with Crippen LogP contribution in [-0.2, 0) is 7.05 Å². The number of aryl methyl sites for hydroxylation is 3. The molecule has 0 bridgehead atoms. The molecule has 0 aliphatic rings. The van der Waals surface area contributed by atoms with Gasteiger partial charge in [-0.2, -0.15) is 9.78 Å². The molecule has 0 amide bonds. The number of nitrogen functional groups attached to an aromatic ring is 1. The molecular formula is C11H18N6. The summed E-state index contributed by atoms with van der Waals surface area (Å²) in [6.07, 6.45) is 0. The quantitative estimate of drug-likeness (QED) is 0.850. The fraction of sp³-hybridized carbons (Fsp3) is 0.545. The maximum absolute atomic E-state index is 6.14. The van der Waals surface area contributed by atoms with Gasteiger partial charge in [0.1, 0.15) is 17.3 Å². The lowest BCUT2D eigenvalue weighted by Gasteiger charge is -2.04. The molecule has 92 valence electrons.